The number of urea groups is 1. The number of hydrogen-bond acceptors (Lipinski definition) is 2. The smallest absolute Gasteiger partial charge is 0.324 e. The van der Waals surface area contributed by atoms with Gasteiger partial charge >= 0.3 is 6.03 Å². The van der Waals surface area contributed by atoms with Gasteiger partial charge in [-0.3, -0.25) is 9.69 Å². The van der Waals surface area contributed by atoms with Crippen molar-refractivity contribution < 1.29 is 9.59 Å². The third kappa shape index (κ3) is 5.17. The molecule has 0 aliphatic carbocycles. The van der Waals surface area contributed by atoms with E-state index < -0.39 is 0 Å². The molecule has 2 aromatic rings. The Balaban J connectivity index is 1.81. The van der Waals surface area contributed by atoms with E-state index in [9.17, 15) is 9.59 Å². The molecule has 5 nitrogen and oxygen atoms in total. The Morgan fingerprint density at radius 2 is 1.69 bits per heavy atom. The van der Waals surface area contributed by atoms with Gasteiger partial charge in [0.2, 0.25) is 5.91 Å². The Morgan fingerprint density at radius 1 is 1.03 bits per heavy atom. The summed E-state index contributed by atoms with van der Waals surface area (Å²) in [5, 5.41) is 3.01. The highest BCUT2D eigenvalue weighted by molar-refractivity contribution is 6.01. The maximum atomic E-state index is 13.3. The molecule has 0 spiro atoms. The lowest BCUT2D eigenvalue weighted by Crippen LogP contribution is -2.50. The van der Waals surface area contributed by atoms with Crippen LogP contribution in [0.5, 0.6) is 0 Å². The molecule has 1 unspecified atom stereocenters. The van der Waals surface area contributed by atoms with Crippen LogP contribution in [0.15, 0.2) is 54.6 Å². The molecule has 1 atom stereocenters. The minimum absolute atomic E-state index is 0.00542. The number of benzene rings is 2. The van der Waals surface area contributed by atoms with Crippen molar-refractivity contribution in [3.05, 3.63) is 60.2 Å². The van der Waals surface area contributed by atoms with Gasteiger partial charge in [0.1, 0.15) is 0 Å². The van der Waals surface area contributed by atoms with Gasteiger partial charge in [-0.25, -0.2) is 4.79 Å². The van der Waals surface area contributed by atoms with Gasteiger partial charge in [-0.2, -0.15) is 0 Å². The highest BCUT2D eigenvalue weighted by Gasteiger charge is 2.32. The van der Waals surface area contributed by atoms with Crippen molar-refractivity contribution in [3.8, 4) is 0 Å². The van der Waals surface area contributed by atoms with Crippen molar-refractivity contribution in [3.63, 3.8) is 0 Å². The Bertz CT molecular complexity index is 858. The predicted molar refractivity (Wildman–Crippen MR) is 118 cm³/mol. The number of rotatable bonds is 5. The molecular formula is C24H31N3O2. The molecule has 0 aromatic heterocycles. The normalized spacial score (nSPS) is 15.9. The van der Waals surface area contributed by atoms with Gasteiger partial charge in [0.05, 0.1) is 17.4 Å². The lowest BCUT2D eigenvalue weighted by Gasteiger charge is -2.39. The summed E-state index contributed by atoms with van der Waals surface area (Å²) in [7, 11) is 0. The lowest BCUT2D eigenvalue weighted by molar-refractivity contribution is -0.117. The molecule has 1 aliphatic rings. The van der Waals surface area contributed by atoms with Gasteiger partial charge in [-0.1, -0.05) is 63.2 Å². The van der Waals surface area contributed by atoms with Crippen LogP contribution >= 0.6 is 0 Å². The van der Waals surface area contributed by atoms with Crippen molar-refractivity contribution in [2.24, 2.45) is 5.41 Å². The summed E-state index contributed by atoms with van der Waals surface area (Å²) in [6, 6.07) is 17.6. The average molecular weight is 394 g/mol. The van der Waals surface area contributed by atoms with Gasteiger partial charge in [-0.05, 0) is 36.5 Å². The predicted octanol–water partition coefficient (Wildman–Crippen LogP) is 5.45. The van der Waals surface area contributed by atoms with E-state index in [2.05, 4.69) is 24.4 Å². The quantitative estimate of drug-likeness (QED) is 0.734. The summed E-state index contributed by atoms with van der Waals surface area (Å²) in [5.41, 5.74) is 2.46. The second-order valence-corrected chi connectivity index (χ2v) is 8.87. The number of nitrogens with one attached hydrogen (secondary N) is 1. The number of nitrogens with zero attached hydrogens (tertiary/aromatic N) is 2. The molecule has 1 fully saturated rings. The number of anilines is 2. The third-order valence-electron chi connectivity index (χ3n) is 5.17. The molecule has 1 aliphatic heterocycles. The van der Waals surface area contributed by atoms with E-state index in [1.807, 2.05) is 68.1 Å². The van der Waals surface area contributed by atoms with Crippen LogP contribution in [0.2, 0.25) is 0 Å². The van der Waals surface area contributed by atoms with Crippen LogP contribution in [0.1, 0.15) is 52.1 Å². The topological polar surface area (TPSA) is 52.6 Å². The monoisotopic (exact) mass is 393 g/mol. The van der Waals surface area contributed by atoms with Gasteiger partial charge in [-0.15, -0.1) is 0 Å². The molecule has 0 radical (unpaired) electrons. The van der Waals surface area contributed by atoms with Crippen LogP contribution < -0.4 is 10.2 Å². The average Bonchev–Trinajstić information content (AvgIpc) is 2.67. The van der Waals surface area contributed by atoms with Crippen molar-refractivity contribution in [2.75, 3.05) is 23.3 Å². The van der Waals surface area contributed by atoms with Crippen LogP contribution in [0.25, 0.3) is 0 Å². The summed E-state index contributed by atoms with van der Waals surface area (Å²) >= 11 is 0. The summed E-state index contributed by atoms with van der Waals surface area (Å²) < 4.78 is 0. The first-order valence-corrected chi connectivity index (χ1v) is 10.3. The molecule has 0 bridgehead atoms. The first-order valence-electron chi connectivity index (χ1n) is 10.3. The van der Waals surface area contributed by atoms with E-state index in [1.165, 1.54) is 0 Å². The zero-order valence-corrected chi connectivity index (χ0v) is 17.8. The first kappa shape index (κ1) is 20.9. The van der Waals surface area contributed by atoms with Crippen molar-refractivity contribution in [2.45, 2.75) is 46.6 Å². The van der Waals surface area contributed by atoms with Crippen molar-refractivity contribution in [1.82, 2.24) is 4.90 Å². The molecular weight excluding hydrogens is 362 g/mol. The Hall–Kier alpha value is -2.82. The van der Waals surface area contributed by atoms with Crippen LogP contribution in [0.4, 0.5) is 16.2 Å². The summed E-state index contributed by atoms with van der Waals surface area (Å²) in [6.45, 7) is 9.54. The van der Waals surface area contributed by atoms with Crippen LogP contribution in [-0.4, -0.2) is 29.9 Å². The molecule has 1 saturated heterocycles. The molecule has 5 heteroatoms. The summed E-state index contributed by atoms with van der Waals surface area (Å²) in [5.74, 6) is -0.0380. The van der Waals surface area contributed by atoms with Gasteiger partial charge < -0.3 is 10.2 Å². The molecule has 1 heterocycles. The molecule has 3 amide bonds. The summed E-state index contributed by atoms with van der Waals surface area (Å²) in [6.07, 6.45) is 1.31. The Labute approximate surface area is 173 Å². The number of para-hydroxylation sites is 2. The van der Waals surface area contributed by atoms with Gasteiger partial charge in [0, 0.05) is 19.5 Å². The number of amides is 3. The molecule has 2 aromatic carbocycles. The molecule has 154 valence electrons. The Kier molecular flexibility index (Phi) is 6.26. The van der Waals surface area contributed by atoms with E-state index >= 15 is 0 Å². The fourth-order valence-corrected chi connectivity index (χ4v) is 3.73. The van der Waals surface area contributed by atoms with Crippen LogP contribution in [0.3, 0.4) is 0 Å². The number of carbonyl (C=O) groups is 2. The van der Waals surface area contributed by atoms with Gasteiger partial charge in [0.25, 0.3) is 0 Å². The van der Waals surface area contributed by atoms with Crippen molar-refractivity contribution in [1.29, 1.82) is 0 Å². The third-order valence-corrected chi connectivity index (χ3v) is 5.17. The first-order chi connectivity index (χ1) is 13.8. The lowest BCUT2D eigenvalue weighted by atomic mass is 9.92. The highest BCUT2D eigenvalue weighted by atomic mass is 16.2. The minimum atomic E-state index is -0.0954. The van der Waals surface area contributed by atoms with E-state index in [1.54, 1.807) is 4.90 Å². The number of hydrogen-bond donors (Lipinski definition) is 1. The van der Waals surface area contributed by atoms with E-state index in [4.69, 9.17) is 0 Å². The fourth-order valence-electron chi connectivity index (χ4n) is 3.73. The second-order valence-electron chi connectivity index (χ2n) is 8.87. The standard InChI is InChI=1S/C24H31N3O2/c1-18(19-11-6-5-7-12-19)26-15-10-16-27(23(26)29)21-14-9-8-13-20(21)25-22(28)17-24(2,3)4/h5-9,11-14,18H,10,15-17H2,1-4H3,(H,25,28). The molecule has 29 heavy (non-hydrogen) atoms. The molecule has 3 rings (SSSR count). The SMILES string of the molecule is CC(c1ccccc1)N1CCCN(c2ccccc2NC(=O)CC(C)(C)C)C1=O. The maximum Gasteiger partial charge on any atom is 0.325 e. The second kappa shape index (κ2) is 8.68. The van der Waals surface area contributed by atoms with E-state index in [-0.39, 0.29) is 23.4 Å². The number of carbonyl (C=O) groups excluding carboxylic acids is 2. The van der Waals surface area contributed by atoms with Crippen LogP contribution in [-0.2, 0) is 4.79 Å². The maximum absolute atomic E-state index is 13.3. The highest BCUT2D eigenvalue weighted by Crippen LogP contribution is 2.32. The minimum Gasteiger partial charge on any atom is -0.324 e. The van der Waals surface area contributed by atoms with E-state index in [0.717, 1.165) is 24.2 Å². The zero-order valence-electron chi connectivity index (χ0n) is 17.8. The zero-order chi connectivity index (χ0) is 21.0. The summed E-state index contributed by atoms with van der Waals surface area (Å²) in [4.78, 5) is 29.5. The van der Waals surface area contributed by atoms with Crippen molar-refractivity contribution >= 4 is 23.3 Å². The van der Waals surface area contributed by atoms with Crippen LogP contribution in [0, 0.1) is 5.41 Å². The molecule has 1 N–H and O–H groups in total. The van der Waals surface area contributed by atoms with E-state index in [0.29, 0.717) is 18.7 Å². The Morgan fingerprint density at radius 3 is 2.38 bits per heavy atom. The fraction of sp³-hybridized carbons (Fsp3) is 0.417. The van der Waals surface area contributed by atoms with Gasteiger partial charge in [0.15, 0.2) is 0 Å². The molecule has 0 saturated carbocycles. The largest absolute Gasteiger partial charge is 0.325 e.